The molecule has 3 nitrogen and oxygen atoms in total. The van der Waals surface area contributed by atoms with E-state index in [1.54, 1.807) is 0 Å². The van der Waals surface area contributed by atoms with Gasteiger partial charge in [0.25, 0.3) is 0 Å². The van der Waals surface area contributed by atoms with Crippen LogP contribution in [0.1, 0.15) is 5.56 Å². The number of ether oxygens (including phenoxy) is 1. The first-order chi connectivity index (χ1) is 10.7. The Morgan fingerprint density at radius 1 is 1.09 bits per heavy atom. The fourth-order valence-electron chi connectivity index (χ4n) is 2.34. The molecule has 0 bridgehead atoms. The molecule has 0 saturated heterocycles. The number of aromatic nitrogens is 1. The van der Waals surface area contributed by atoms with E-state index in [1.807, 2.05) is 49.5 Å². The number of carbonyl (C=O) groups is 1. The van der Waals surface area contributed by atoms with E-state index < -0.39 is 0 Å². The highest BCUT2D eigenvalue weighted by molar-refractivity contribution is 8.00. The predicted octanol–water partition coefficient (Wildman–Crippen LogP) is 4.01. The van der Waals surface area contributed by atoms with Crippen LogP contribution in [0.2, 0.25) is 0 Å². The molecule has 3 rings (SSSR count). The van der Waals surface area contributed by atoms with Gasteiger partial charge in [0.15, 0.2) is 0 Å². The Balaban J connectivity index is 1.58. The van der Waals surface area contributed by atoms with Gasteiger partial charge in [-0.15, -0.1) is 11.8 Å². The lowest BCUT2D eigenvalue weighted by Gasteiger charge is -2.04. The van der Waals surface area contributed by atoms with Crippen molar-refractivity contribution < 1.29 is 9.53 Å². The van der Waals surface area contributed by atoms with Gasteiger partial charge in [-0.05, 0) is 11.6 Å². The first-order valence-corrected chi connectivity index (χ1v) is 8.09. The van der Waals surface area contributed by atoms with Crippen molar-refractivity contribution in [2.45, 2.75) is 11.5 Å². The van der Waals surface area contributed by atoms with Gasteiger partial charge in [-0.3, -0.25) is 4.79 Å². The fourth-order valence-corrected chi connectivity index (χ4v) is 3.25. The van der Waals surface area contributed by atoms with Gasteiger partial charge >= 0.3 is 5.97 Å². The molecule has 0 aliphatic carbocycles. The molecular formula is C18H17NO2S. The minimum Gasteiger partial charge on any atom is -0.460 e. The molecule has 0 amide bonds. The maximum absolute atomic E-state index is 11.9. The van der Waals surface area contributed by atoms with Crippen LogP contribution in [0, 0.1) is 0 Å². The third-order valence-electron chi connectivity index (χ3n) is 3.45. The SMILES string of the molecule is Cn1cc(SCC(=O)OCc2ccccc2)c2ccccc21. The summed E-state index contributed by atoms with van der Waals surface area (Å²) in [7, 11) is 2.01. The van der Waals surface area contributed by atoms with Crippen LogP contribution in [-0.4, -0.2) is 16.3 Å². The van der Waals surface area contributed by atoms with Gasteiger partial charge in [0, 0.05) is 29.0 Å². The highest BCUT2D eigenvalue weighted by Crippen LogP contribution is 2.29. The van der Waals surface area contributed by atoms with Crippen molar-refractivity contribution >= 4 is 28.6 Å². The Kier molecular flexibility index (Phi) is 4.49. The Bertz CT molecular complexity index is 780. The van der Waals surface area contributed by atoms with Gasteiger partial charge in [0.1, 0.15) is 6.61 Å². The van der Waals surface area contributed by atoms with Crippen LogP contribution in [0.5, 0.6) is 0 Å². The molecule has 0 saturated carbocycles. The number of thioether (sulfide) groups is 1. The normalized spacial score (nSPS) is 10.8. The number of benzene rings is 2. The minimum absolute atomic E-state index is 0.193. The van der Waals surface area contributed by atoms with Crippen LogP contribution >= 0.6 is 11.8 Å². The number of hydrogen-bond donors (Lipinski definition) is 0. The summed E-state index contributed by atoms with van der Waals surface area (Å²) in [6.07, 6.45) is 2.06. The maximum Gasteiger partial charge on any atom is 0.316 e. The summed E-state index contributed by atoms with van der Waals surface area (Å²) in [5.74, 6) is 0.127. The molecule has 0 N–H and O–H groups in total. The quantitative estimate of drug-likeness (QED) is 0.527. The summed E-state index contributed by atoms with van der Waals surface area (Å²) in [4.78, 5) is 13.0. The van der Waals surface area contributed by atoms with E-state index in [4.69, 9.17) is 4.74 Å². The Morgan fingerprint density at radius 3 is 2.64 bits per heavy atom. The molecule has 0 radical (unpaired) electrons. The van der Waals surface area contributed by atoms with Gasteiger partial charge in [0.2, 0.25) is 0 Å². The van der Waals surface area contributed by atoms with E-state index in [2.05, 4.69) is 22.9 Å². The zero-order chi connectivity index (χ0) is 15.4. The smallest absolute Gasteiger partial charge is 0.316 e. The van der Waals surface area contributed by atoms with Crippen LogP contribution in [0.25, 0.3) is 10.9 Å². The van der Waals surface area contributed by atoms with Crippen molar-refractivity contribution in [3.05, 3.63) is 66.4 Å². The lowest BCUT2D eigenvalue weighted by Crippen LogP contribution is -2.07. The van der Waals surface area contributed by atoms with Crippen molar-refractivity contribution in [1.82, 2.24) is 4.57 Å². The zero-order valence-corrected chi connectivity index (χ0v) is 13.2. The molecule has 4 heteroatoms. The second-order valence-corrected chi connectivity index (χ2v) is 6.07. The summed E-state index contributed by atoms with van der Waals surface area (Å²) in [5, 5.41) is 1.17. The van der Waals surface area contributed by atoms with E-state index in [0.717, 1.165) is 10.5 Å². The van der Waals surface area contributed by atoms with Gasteiger partial charge in [0.05, 0.1) is 5.75 Å². The first-order valence-electron chi connectivity index (χ1n) is 7.10. The highest BCUT2D eigenvalue weighted by Gasteiger charge is 2.10. The average Bonchev–Trinajstić information content (AvgIpc) is 2.89. The van der Waals surface area contributed by atoms with Crippen molar-refractivity contribution in [3.8, 4) is 0 Å². The standard InChI is InChI=1S/C18H17NO2S/c1-19-11-17(15-9-5-6-10-16(15)19)22-13-18(20)21-12-14-7-3-2-4-8-14/h2-11H,12-13H2,1H3. The molecule has 0 fully saturated rings. The van der Waals surface area contributed by atoms with E-state index in [-0.39, 0.29) is 5.97 Å². The molecule has 1 aromatic heterocycles. The van der Waals surface area contributed by atoms with Crippen LogP contribution in [-0.2, 0) is 23.2 Å². The first kappa shape index (κ1) is 14.7. The lowest BCUT2D eigenvalue weighted by atomic mass is 10.2. The number of aryl methyl sites for hydroxylation is 1. The number of carbonyl (C=O) groups excluding carboxylic acids is 1. The number of rotatable bonds is 5. The molecular weight excluding hydrogens is 294 g/mol. The summed E-state index contributed by atoms with van der Waals surface area (Å²) >= 11 is 1.52. The summed E-state index contributed by atoms with van der Waals surface area (Å²) in [5.41, 5.74) is 2.17. The van der Waals surface area contributed by atoms with Gasteiger partial charge in [-0.25, -0.2) is 0 Å². The number of fused-ring (bicyclic) bond motifs is 1. The zero-order valence-electron chi connectivity index (χ0n) is 12.4. The topological polar surface area (TPSA) is 31.2 Å². The molecule has 2 aromatic carbocycles. The van der Waals surface area contributed by atoms with Crippen molar-refractivity contribution in [1.29, 1.82) is 0 Å². The molecule has 0 spiro atoms. The predicted molar refractivity (Wildman–Crippen MR) is 89.9 cm³/mol. The molecule has 0 aliphatic heterocycles. The summed E-state index contributed by atoms with van der Waals surface area (Å²) in [6.45, 7) is 0.329. The molecule has 22 heavy (non-hydrogen) atoms. The van der Waals surface area contributed by atoms with Gasteiger partial charge in [-0.2, -0.15) is 0 Å². The lowest BCUT2D eigenvalue weighted by molar-refractivity contribution is -0.141. The third kappa shape index (κ3) is 3.34. The van der Waals surface area contributed by atoms with Crippen molar-refractivity contribution in [2.24, 2.45) is 7.05 Å². The van der Waals surface area contributed by atoms with Crippen molar-refractivity contribution in [2.75, 3.05) is 5.75 Å². The number of hydrogen-bond acceptors (Lipinski definition) is 3. The Morgan fingerprint density at radius 2 is 1.82 bits per heavy atom. The second-order valence-electron chi connectivity index (χ2n) is 5.06. The van der Waals surface area contributed by atoms with Crippen molar-refractivity contribution in [3.63, 3.8) is 0 Å². The van der Waals surface area contributed by atoms with Gasteiger partial charge in [-0.1, -0.05) is 48.5 Å². The maximum atomic E-state index is 11.9. The van der Waals surface area contributed by atoms with E-state index >= 15 is 0 Å². The van der Waals surface area contributed by atoms with Crippen LogP contribution in [0.15, 0.2) is 65.7 Å². The molecule has 1 heterocycles. The number of esters is 1. The largest absolute Gasteiger partial charge is 0.460 e. The van der Waals surface area contributed by atoms with E-state index in [0.29, 0.717) is 12.4 Å². The number of nitrogens with zero attached hydrogens (tertiary/aromatic N) is 1. The molecule has 0 atom stereocenters. The molecule has 112 valence electrons. The fraction of sp³-hybridized carbons (Fsp3) is 0.167. The molecule has 0 aliphatic rings. The minimum atomic E-state index is -0.193. The summed E-state index contributed by atoms with van der Waals surface area (Å²) in [6, 6.07) is 17.9. The van der Waals surface area contributed by atoms with Crippen LogP contribution in [0.4, 0.5) is 0 Å². The Hall–Kier alpha value is -2.20. The average molecular weight is 311 g/mol. The monoisotopic (exact) mass is 311 g/mol. The Labute approximate surface area is 133 Å². The third-order valence-corrected chi connectivity index (χ3v) is 4.46. The summed E-state index contributed by atoms with van der Waals surface area (Å²) < 4.78 is 7.38. The molecule has 0 unspecified atom stereocenters. The second kappa shape index (κ2) is 6.71. The van der Waals surface area contributed by atoms with E-state index in [9.17, 15) is 4.79 Å². The molecule has 3 aromatic rings. The van der Waals surface area contributed by atoms with E-state index in [1.165, 1.54) is 22.7 Å². The highest BCUT2D eigenvalue weighted by atomic mass is 32.2. The van der Waals surface area contributed by atoms with Gasteiger partial charge < -0.3 is 9.30 Å². The van der Waals surface area contributed by atoms with Crippen LogP contribution in [0.3, 0.4) is 0 Å². The number of para-hydroxylation sites is 1. The van der Waals surface area contributed by atoms with Crippen LogP contribution < -0.4 is 0 Å².